The molecule has 0 radical (unpaired) electrons. The minimum absolute atomic E-state index is 0.206. The zero-order valence-electron chi connectivity index (χ0n) is 12.1. The fraction of sp³-hybridized carbons (Fsp3) is 0.600. The Morgan fingerprint density at radius 2 is 2.15 bits per heavy atom. The van der Waals surface area contributed by atoms with E-state index in [1.165, 1.54) is 0 Å². The summed E-state index contributed by atoms with van der Waals surface area (Å²) in [5.74, 6) is 0.517. The second-order valence-corrected chi connectivity index (χ2v) is 5.56. The quantitative estimate of drug-likeness (QED) is 0.866. The molecule has 2 rings (SSSR count). The van der Waals surface area contributed by atoms with Gasteiger partial charge in [0.1, 0.15) is 5.82 Å². The molecule has 0 amide bonds. The number of aromatic carboxylic acids is 1. The van der Waals surface area contributed by atoms with Crippen LogP contribution in [0.4, 0.5) is 5.82 Å². The highest BCUT2D eigenvalue weighted by Crippen LogP contribution is 2.19. The molecule has 110 valence electrons. The van der Waals surface area contributed by atoms with E-state index in [4.69, 9.17) is 9.84 Å². The minimum Gasteiger partial charge on any atom is -0.478 e. The zero-order chi connectivity index (χ0) is 14.5. The van der Waals surface area contributed by atoms with E-state index < -0.39 is 5.97 Å². The molecule has 0 aliphatic carbocycles. The van der Waals surface area contributed by atoms with Gasteiger partial charge in [-0.25, -0.2) is 9.78 Å². The number of hydrogen-bond donors (Lipinski definition) is 2. The third kappa shape index (κ3) is 3.93. The largest absolute Gasteiger partial charge is 0.478 e. The first-order chi connectivity index (χ1) is 9.56. The molecule has 0 spiro atoms. The van der Waals surface area contributed by atoms with E-state index in [1.807, 2.05) is 13.8 Å². The molecule has 0 aromatic carbocycles. The van der Waals surface area contributed by atoms with Crippen molar-refractivity contribution in [2.75, 3.05) is 25.1 Å². The first kappa shape index (κ1) is 14.8. The summed E-state index contributed by atoms with van der Waals surface area (Å²) in [4.78, 5) is 15.7. The van der Waals surface area contributed by atoms with Crippen molar-refractivity contribution in [3.8, 4) is 0 Å². The SMILES string of the molecule is CC(C)c1cc(C(=O)O)cc(NCC2CCOCC2)n1. The van der Waals surface area contributed by atoms with E-state index in [2.05, 4.69) is 10.3 Å². The predicted molar refractivity (Wildman–Crippen MR) is 77.3 cm³/mol. The maximum atomic E-state index is 11.2. The van der Waals surface area contributed by atoms with Crippen molar-refractivity contribution in [2.24, 2.45) is 5.92 Å². The predicted octanol–water partition coefficient (Wildman–Crippen LogP) is 2.74. The molecule has 1 aliphatic heterocycles. The average molecular weight is 278 g/mol. The molecule has 5 heteroatoms. The van der Waals surface area contributed by atoms with Gasteiger partial charge in [0, 0.05) is 25.5 Å². The van der Waals surface area contributed by atoms with Crippen molar-refractivity contribution in [3.05, 3.63) is 23.4 Å². The van der Waals surface area contributed by atoms with Gasteiger partial charge in [-0.05, 0) is 36.8 Å². The van der Waals surface area contributed by atoms with Gasteiger partial charge < -0.3 is 15.2 Å². The van der Waals surface area contributed by atoms with E-state index >= 15 is 0 Å². The minimum atomic E-state index is -0.914. The Morgan fingerprint density at radius 1 is 1.45 bits per heavy atom. The summed E-state index contributed by atoms with van der Waals surface area (Å²) in [5, 5.41) is 12.4. The van der Waals surface area contributed by atoms with Gasteiger partial charge in [-0.1, -0.05) is 13.8 Å². The van der Waals surface area contributed by atoms with Crippen molar-refractivity contribution >= 4 is 11.8 Å². The van der Waals surface area contributed by atoms with Crippen LogP contribution in [0.5, 0.6) is 0 Å². The third-order valence-electron chi connectivity index (χ3n) is 3.60. The molecule has 1 aromatic rings. The molecule has 1 aromatic heterocycles. The van der Waals surface area contributed by atoms with Crippen LogP contribution >= 0.6 is 0 Å². The lowest BCUT2D eigenvalue weighted by Crippen LogP contribution is -2.23. The summed E-state index contributed by atoms with van der Waals surface area (Å²) >= 11 is 0. The molecular formula is C15H22N2O3. The van der Waals surface area contributed by atoms with Gasteiger partial charge >= 0.3 is 5.97 Å². The Labute approximate surface area is 119 Å². The number of carbonyl (C=O) groups is 1. The molecule has 2 heterocycles. The van der Waals surface area contributed by atoms with Crippen molar-refractivity contribution < 1.29 is 14.6 Å². The van der Waals surface area contributed by atoms with Crippen molar-refractivity contribution in [1.29, 1.82) is 0 Å². The van der Waals surface area contributed by atoms with Crippen LogP contribution in [0.1, 0.15) is 48.7 Å². The van der Waals surface area contributed by atoms with Crippen LogP contribution in [-0.4, -0.2) is 35.8 Å². The highest BCUT2D eigenvalue weighted by atomic mass is 16.5. The average Bonchev–Trinajstić information content (AvgIpc) is 2.45. The number of rotatable bonds is 5. The molecular weight excluding hydrogens is 256 g/mol. The van der Waals surface area contributed by atoms with Crippen LogP contribution in [0.15, 0.2) is 12.1 Å². The van der Waals surface area contributed by atoms with Crippen molar-refractivity contribution in [2.45, 2.75) is 32.6 Å². The summed E-state index contributed by atoms with van der Waals surface area (Å²) in [6.45, 7) is 6.46. The van der Waals surface area contributed by atoms with Gasteiger partial charge in [0.05, 0.1) is 5.56 Å². The molecule has 0 saturated carbocycles. The summed E-state index contributed by atoms with van der Waals surface area (Å²) in [5.41, 5.74) is 1.09. The second-order valence-electron chi connectivity index (χ2n) is 5.56. The number of carboxylic acid groups (broad SMARTS) is 1. The van der Waals surface area contributed by atoms with Crippen molar-refractivity contribution in [3.63, 3.8) is 0 Å². The fourth-order valence-corrected chi connectivity index (χ4v) is 2.26. The number of nitrogens with one attached hydrogen (secondary N) is 1. The van der Waals surface area contributed by atoms with Gasteiger partial charge in [-0.3, -0.25) is 0 Å². The van der Waals surface area contributed by atoms with Gasteiger partial charge in [0.2, 0.25) is 0 Å². The lowest BCUT2D eigenvalue weighted by atomic mass is 10.0. The number of hydrogen-bond acceptors (Lipinski definition) is 4. The number of carboxylic acids is 1. The smallest absolute Gasteiger partial charge is 0.335 e. The third-order valence-corrected chi connectivity index (χ3v) is 3.60. The molecule has 2 N–H and O–H groups in total. The number of aromatic nitrogens is 1. The number of nitrogens with zero attached hydrogens (tertiary/aromatic N) is 1. The maximum absolute atomic E-state index is 11.2. The van der Waals surface area contributed by atoms with E-state index in [-0.39, 0.29) is 11.5 Å². The number of pyridine rings is 1. The first-order valence-electron chi connectivity index (χ1n) is 7.13. The van der Waals surface area contributed by atoms with Crippen LogP contribution in [0.25, 0.3) is 0 Å². The van der Waals surface area contributed by atoms with Gasteiger partial charge in [-0.2, -0.15) is 0 Å². The summed E-state index contributed by atoms with van der Waals surface area (Å²) < 4.78 is 5.33. The number of ether oxygens (including phenoxy) is 1. The van der Waals surface area contributed by atoms with Crippen molar-refractivity contribution in [1.82, 2.24) is 4.98 Å². The van der Waals surface area contributed by atoms with Crippen LogP contribution in [0.3, 0.4) is 0 Å². The molecule has 1 saturated heterocycles. The van der Waals surface area contributed by atoms with E-state index in [0.29, 0.717) is 11.7 Å². The van der Waals surface area contributed by atoms with Gasteiger partial charge in [0.15, 0.2) is 0 Å². The first-order valence-corrected chi connectivity index (χ1v) is 7.13. The molecule has 0 unspecified atom stereocenters. The van der Waals surface area contributed by atoms with Gasteiger partial charge in [0.25, 0.3) is 0 Å². The second kappa shape index (κ2) is 6.70. The zero-order valence-corrected chi connectivity index (χ0v) is 12.1. The van der Waals surface area contributed by atoms with E-state index in [1.54, 1.807) is 12.1 Å². The van der Waals surface area contributed by atoms with Crippen LogP contribution in [0, 0.1) is 5.92 Å². The van der Waals surface area contributed by atoms with E-state index in [0.717, 1.165) is 38.3 Å². The Bertz CT molecular complexity index is 468. The molecule has 1 aliphatic rings. The van der Waals surface area contributed by atoms with Crippen LogP contribution < -0.4 is 5.32 Å². The molecule has 20 heavy (non-hydrogen) atoms. The summed E-state index contributed by atoms with van der Waals surface area (Å²) in [6.07, 6.45) is 2.09. The topological polar surface area (TPSA) is 71.5 Å². The fourth-order valence-electron chi connectivity index (χ4n) is 2.26. The Kier molecular flexibility index (Phi) is 4.95. The highest BCUT2D eigenvalue weighted by molar-refractivity contribution is 5.88. The number of anilines is 1. The Morgan fingerprint density at radius 3 is 2.75 bits per heavy atom. The Hall–Kier alpha value is -1.62. The maximum Gasteiger partial charge on any atom is 0.335 e. The molecule has 0 atom stereocenters. The molecule has 1 fully saturated rings. The van der Waals surface area contributed by atoms with Gasteiger partial charge in [-0.15, -0.1) is 0 Å². The molecule has 0 bridgehead atoms. The Balaban J connectivity index is 2.07. The monoisotopic (exact) mass is 278 g/mol. The normalized spacial score (nSPS) is 16.4. The van der Waals surface area contributed by atoms with Crippen LogP contribution in [0.2, 0.25) is 0 Å². The summed E-state index contributed by atoms with van der Waals surface area (Å²) in [7, 11) is 0. The van der Waals surface area contributed by atoms with Crippen LogP contribution in [-0.2, 0) is 4.74 Å². The lowest BCUT2D eigenvalue weighted by molar-refractivity contribution is 0.0696. The lowest BCUT2D eigenvalue weighted by Gasteiger charge is -2.22. The standard InChI is InChI=1S/C15H22N2O3/c1-10(2)13-7-12(15(18)19)8-14(17-13)16-9-11-3-5-20-6-4-11/h7-8,10-11H,3-6,9H2,1-2H3,(H,16,17)(H,18,19). The highest BCUT2D eigenvalue weighted by Gasteiger charge is 2.15. The van der Waals surface area contributed by atoms with E-state index in [9.17, 15) is 4.79 Å². The summed E-state index contributed by atoms with van der Waals surface area (Å²) in [6, 6.07) is 3.25. The molecule has 5 nitrogen and oxygen atoms in total.